The monoisotopic (exact) mass is 259 g/mol. The van der Waals surface area contributed by atoms with Crippen molar-refractivity contribution in [2.45, 2.75) is 6.42 Å². The van der Waals surface area contributed by atoms with Crippen molar-refractivity contribution in [2.75, 3.05) is 5.32 Å². The predicted octanol–water partition coefficient (Wildman–Crippen LogP) is 3.63. The van der Waals surface area contributed by atoms with Crippen LogP contribution in [0, 0.1) is 0 Å². The number of benzene rings is 2. The van der Waals surface area contributed by atoms with Crippen molar-refractivity contribution < 1.29 is 9.53 Å². The maximum Gasteiger partial charge on any atom is 0.229 e. The summed E-state index contributed by atoms with van der Waals surface area (Å²) in [5.74, 6) is 1.34. The number of hydrogen-bond acceptors (Lipinski definition) is 2. The summed E-state index contributed by atoms with van der Waals surface area (Å²) in [5.41, 5.74) is 1.48. The Balaban J connectivity index is 2.00. The quantitative estimate of drug-likeness (QED) is 0.894. The van der Waals surface area contributed by atoms with E-state index in [4.69, 9.17) is 16.3 Å². The van der Waals surface area contributed by atoms with E-state index < -0.39 is 0 Å². The average molecular weight is 260 g/mol. The molecule has 0 bridgehead atoms. The second-order valence-electron chi connectivity index (χ2n) is 4.04. The van der Waals surface area contributed by atoms with E-state index in [0.29, 0.717) is 22.9 Å². The molecule has 0 fully saturated rings. The van der Waals surface area contributed by atoms with Crippen molar-refractivity contribution in [3.8, 4) is 11.5 Å². The largest absolute Gasteiger partial charge is 0.457 e. The second-order valence-corrected chi connectivity index (χ2v) is 4.45. The van der Waals surface area contributed by atoms with Gasteiger partial charge in [-0.1, -0.05) is 29.8 Å². The summed E-state index contributed by atoms with van der Waals surface area (Å²) in [6.45, 7) is 0. The molecule has 1 N–H and O–H groups in total. The zero-order valence-electron chi connectivity index (χ0n) is 9.44. The second kappa shape index (κ2) is 4.35. The van der Waals surface area contributed by atoms with Crippen molar-refractivity contribution in [1.29, 1.82) is 0 Å². The lowest BCUT2D eigenvalue weighted by molar-refractivity contribution is -0.115. The molecule has 0 aromatic heterocycles. The van der Waals surface area contributed by atoms with Gasteiger partial charge in [-0.25, -0.2) is 0 Å². The van der Waals surface area contributed by atoms with E-state index >= 15 is 0 Å². The first-order valence-electron chi connectivity index (χ1n) is 5.58. The number of carbonyl (C=O) groups is 1. The van der Waals surface area contributed by atoms with Crippen LogP contribution >= 0.6 is 11.6 Å². The lowest BCUT2D eigenvalue weighted by Gasteiger charge is -2.10. The third-order valence-electron chi connectivity index (χ3n) is 2.79. The van der Waals surface area contributed by atoms with Gasteiger partial charge in [0.1, 0.15) is 11.5 Å². The number of nitrogens with one attached hydrogen (secondary N) is 1. The van der Waals surface area contributed by atoms with Gasteiger partial charge >= 0.3 is 0 Å². The van der Waals surface area contributed by atoms with E-state index in [1.807, 2.05) is 30.3 Å². The zero-order valence-corrected chi connectivity index (χ0v) is 10.2. The minimum atomic E-state index is -0.0592. The molecule has 1 aliphatic heterocycles. The molecule has 1 heterocycles. The number of fused-ring (bicyclic) bond motifs is 1. The Morgan fingerprint density at radius 1 is 1.11 bits per heavy atom. The Bertz CT molecular complexity index is 611. The molecule has 2 aromatic rings. The SMILES string of the molecule is O=C1Cc2c(Oc3ccccc3)ccc(Cl)c2N1. The Labute approximate surface area is 109 Å². The average Bonchev–Trinajstić information content (AvgIpc) is 2.77. The third kappa shape index (κ3) is 1.93. The molecule has 2 aromatic carbocycles. The lowest BCUT2D eigenvalue weighted by Crippen LogP contribution is -2.03. The van der Waals surface area contributed by atoms with E-state index in [1.54, 1.807) is 12.1 Å². The summed E-state index contributed by atoms with van der Waals surface area (Å²) in [6.07, 6.45) is 0.304. The van der Waals surface area contributed by atoms with Crippen LogP contribution in [0.1, 0.15) is 5.56 Å². The first-order valence-corrected chi connectivity index (χ1v) is 5.96. The van der Waals surface area contributed by atoms with Crippen LogP contribution in [-0.4, -0.2) is 5.91 Å². The Morgan fingerprint density at radius 3 is 2.67 bits per heavy atom. The molecule has 0 unspecified atom stereocenters. The molecule has 18 heavy (non-hydrogen) atoms. The number of rotatable bonds is 2. The number of amides is 1. The fraction of sp³-hybridized carbons (Fsp3) is 0.0714. The van der Waals surface area contributed by atoms with Crippen molar-refractivity contribution in [3.05, 3.63) is 53.1 Å². The molecule has 0 spiro atoms. The number of hydrogen-bond donors (Lipinski definition) is 1. The van der Waals surface area contributed by atoms with Gasteiger partial charge in [0, 0.05) is 5.56 Å². The van der Waals surface area contributed by atoms with Gasteiger partial charge in [0.25, 0.3) is 0 Å². The molecule has 4 heteroatoms. The van der Waals surface area contributed by atoms with Crippen molar-refractivity contribution in [1.82, 2.24) is 0 Å². The number of anilines is 1. The number of ether oxygens (including phenoxy) is 1. The molecule has 0 atom stereocenters. The zero-order chi connectivity index (χ0) is 12.5. The minimum Gasteiger partial charge on any atom is -0.457 e. The molecule has 3 rings (SSSR count). The topological polar surface area (TPSA) is 38.3 Å². The summed E-state index contributed by atoms with van der Waals surface area (Å²) >= 11 is 6.04. The highest BCUT2D eigenvalue weighted by Crippen LogP contribution is 2.39. The van der Waals surface area contributed by atoms with E-state index in [-0.39, 0.29) is 5.91 Å². The van der Waals surface area contributed by atoms with Gasteiger partial charge in [-0.15, -0.1) is 0 Å². The highest BCUT2D eigenvalue weighted by molar-refractivity contribution is 6.34. The van der Waals surface area contributed by atoms with E-state index in [9.17, 15) is 4.79 Å². The van der Waals surface area contributed by atoms with E-state index in [2.05, 4.69) is 5.32 Å². The number of halogens is 1. The van der Waals surface area contributed by atoms with Crippen molar-refractivity contribution in [3.63, 3.8) is 0 Å². The van der Waals surface area contributed by atoms with Crippen LogP contribution in [0.15, 0.2) is 42.5 Å². The molecule has 1 amide bonds. The normalized spacial score (nSPS) is 13.1. The third-order valence-corrected chi connectivity index (χ3v) is 3.11. The summed E-state index contributed by atoms with van der Waals surface area (Å²) < 4.78 is 5.77. The Hall–Kier alpha value is -2.00. The predicted molar refractivity (Wildman–Crippen MR) is 70.3 cm³/mol. The minimum absolute atomic E-state index is 0.0592. The van der Waals surface area contributed by atoms with E-state index in [1.165, 1.54) is 0 Å². The molecule has 3 nitrogen and oxygen atoms in total. The molecule has 0 saturated heterocycles. The maximum absolute atomic E-state index is 11.4. The molecule has 90 valence electrons. The van der Waals surface area contributed by atoms with Crippen LogP contribution in [0.3, 0.4) is 0 Å². The summed E-state index contributed by atoms with van der Waals surface area (Å²) in [6, 6.07) is 13.0. The summed E-state index contributed by atoms with van der Waals surface area (Å²) in [5, 5.41) is 3.28. The van der Waals surface area contributed by atoms with Crippen LogP contribution in [0.5, 0.6) is 11.5 Å². The molecular formula is C14H10ClNO2. The fourth-order valence-electron chi connectivity index (χ4n) is 1.97. The highest BCUT2D eigenvalue weighted by Gasteiger charge is 2.24. The van der Waals surface area contributed by atoms with Gasteiger partial charge in [0.2, 0.25) is 5.91 Å². The van der Waals surface area contributed by atoms with Crippen LogP contribution in [0.2, 0.25) is 5.02 Å². The van der Waals surface area contributed by atoms with Crippen LogP contribution in [0.4, 0.5) is 5.69 Å². The van der Waals surface area contributed by atoms with Crippen molar-refractivity contribution in [2.24, 2.45) is 0 Å². The lowest BCUT2D eigenvalue weighted by atomic mass is 10.1. The first-order chi connectivity index (χ1) is 8.74. The smallest absolute Gasteiger partial charge is 0.229 e. The molecule has 1 aliphatic rings. The molecular weight excluding hydrogens is 250 g/mol. The van der Waals surface area contributed by atoms with Crippen LogP contribution in [-0.2, 0) is 11.2 Å². The fourth-order valence-corrected chi connectivity index (χ4v) is 2.19. The highest BCUT2D eigenvalue weighted by atomic mass is 35.5. The Kier molecular flexibility index (Phi) is 2.68. The van der Waals surface area contributed by atoms with Gasteiger partial charge < -0.3 is 10.1 Å². The molecule has 0 saturated carbocycles. The van der Waals surface area contributed by atoms with E-state index in [0.717, 1.165) is 11.3 Å². The number of carbonyl (C=O) groups excluding carboxylic acids is 1. The van der Waals surface area contributed by atoms with Crippen LogP contribution in [0.25, 0.3) is 0 Å². The molecule has 0 aliphatic carbocycles. The standard InChI is InChI=1S/C14H10ClNO2/c15-11-6-7-12(10-8-13(17)16-14(10)11)18-9-4-2-1-3-5-9/h1-7H,8H2,(H,16,17). The molecule has 0 radical (unpaired) electrons. The summed E-state index contributed by atoms with van der Waals surface area (Å²) in [7, 11) is 0. The maximum atomic E-state index is 11.4. The van der Waals surface area contributed by atoms with Crippen molar-refractivity contribution >= 4 is 23.2 Å². The first kappa shape index (κ1) is 11.1. The van der Waals surface area contributed by atoms with Gasteiger partial charge in [0.05, 0.1) is 17.1 Å². The number of para-hydroxylation sites is 1. The summed E-state index contributed by atoms with van der Waals surface area (Å²) in [4.78, 5) is 11.4. The van der Waals surface area contributed by atoms with Gasteiger partial charge in [-0.3, -0.25) is 4.79 Å². The van der Waals surface area contributed by atoms with Crippen LogP contribution < -0.4 is 10.1 Å². The van der Waals surface area contributed by atoms with Gasteiger partial charge in [-0.05, 0) is 24.3 Å². The van der Waals surface area contributed by atoms with Gasteiger partial charge in [-0.2, -0.15) is 0 Å². The van der Waals surface area contributed by atoms with Gasteiger partial charge in [0.15, 0.2) is 0 Å². The Morgan fingerprint density at radius 2 is 1.89 bits per heavy atom.